The van der Waals surface area contributed by atoms with Crippen LogP contribution in [0.25, 0.3) is 0 Å². The fraction of sp³-hybridized carbons (Fsp3) is 0.600. The molecule has 4 bridgehead atoms. The maximum absolute atomic E-state index is 12.5. The number of rotatable bonds is 4. The van der Waals surface area contributed by atoms with Gasteiger partial charge in [-0.2, -0.15) is 0 Å². The van der Waals surface area contributed by atoms with E-state index in [9.17, 15) is 4.79 Å². The smallest absolute Gasteiger partial charge is 0.257 e. The monoisotopic (exact) mass is 392 g/mol. The highest BCUT2D eigenvalue weighted by molar-refractivity contribution is 7.80. The first-order valence-electron chi connectivity index (χ1n) is 9.57. The largest absolute Gasteiger partial charge is 0.492 e. The normalized spacial score (nSPS) is 31.5. The summed E-state index contributed by atoms with van der Waals surface area (Å²) in [6, 6.07) is 5.46. The van der Waals surface area contributed by atoms with Crippen LogP contribution < -0.4 is 15.4 Å². The molecule has 0 atom stereocenters. The number of nitrogens with one attached hydrogen (secondary N) is 2. The Labute approximate surface area is 165 Å². The molecule has 2 N–H and O–H groups in total. The van der Waals surface area contributed by atoms with Crippen LogP contribution in [-0.4, -0.2) is 23.7 Å². The molecule has 4 fully saturated rings. The summed E-state index contributed by atoms with van der Waals surface area (Å²) in [4.78, 5) is 12.5. The molecule has 1 amide bonds. The molecule has 0 unspecified atom stereocenters. The first-order chi connectivity index (χ1) is 12.5. The van der Waals surface area contributed by atoms with E-state index in [4.69, 9.17) is 28.6 Å². The summed E-state index contributed by atoms with van der Waals surface area (Å²) in [6.45, 7) is 2.43. The highest BCUT2D eigenvalue weighted by atomic mass is 35.5. The number of halogens is 1. The maximum atomic E-state index is 12.5. The van der Waals surface area contributed by atoms with Gasteiger partial charge in [-0.05, 0) is 93.1 Å². The van der Waals surface area contributed by atoms with Gasteiger partial charge in [0.2, 0.25) is 0 Å². The number of amides is 1. The standard InChI is InChI=1S/C20H25ClN2O2S/c1-2-25-17-4-3-13(10-16(17)21)19(24)23-20(26)22-18-14-6-11-5-12(8-14)9-15(18)7-11/h3-4,10-12,14-15,18H,2,5-9H2,1H3,(H2,22,23,24,26). The van der Waals surface area contributed by atoms with Crippen molar-refractivity contribution in [2.24, 2.45) is 23.7 Å². The van der Waals surface area contributed by atoms with Crippen molar-refractivity contribution in [3.63, 3.8) is 0 Å². The fourth-order valence-corrected chi connectivity index (χ4v) is 5.90. The van der Waals surface area contributed by atoms with E-state index in [0.29, 0.717) is 45.9 Å². The van der Waals surface area contributed by atoms with Crippen LogP contribution in [0.1, 0.15) is 49.4 Å². The third-order valence-corrected chi connectivity index (χ3v) is 6.76. The molecule has 1 aromatic rings. The van der Waals surface area contributed by atoms with Gasteiger partial charge in [0.05, 0.1) is 11.6 Å². The van der Waals surface area contributed by atoms with Gasteiger partial charge in [0.25, 0.3) is 5.91 Å². The highest BCUT2D eigenvalue weighted by Gasteiger charge is 2.48. The second-order valence-electron chi connectivity index (χ2n) is 7.96. The van der Waals surface area contributed by atoms with E-state index in [1.807, 2.05) is 6.92 Å². The van der Waals surface area contributed by atoms with Crippen LogP contribution in [0.5, 0.6) is 5.75 Å². The SMILES string of the molecule is CCOc1ccc(C(=O)NC(=S)NC2C3CC4CC(C3)CC2C4)cc1Cl. The van der Waals surface area contributed by atoms with Crippen LogP contribution in [0.2, 0.25) is 5.02 Å². The number of hydrogen-bond acceptors (Lipinski definition) is 3. The molecule has 0 aromatic heterocycles. The minimum atomic E-state index is -0.240. The van der Waals surface area contributed by atoms with Gasteiger partial charge in [0, 0.05) is 11.6 Å². The number of benzene rings is 1. The first-order valence-corrected chi connectivity index (χ1v) is 10.4. The Kier molecular flexibility index (Phi) is 5.11. The summed E-state index contributed by atoms with van der Waals surface area (Å²) in [5, 5.41) is 7.12. The van der Waals surface area contributed by atoms with Gasteiger partial charge in [-0.1, -0.05) is 11.6 Å². The molecular weight excluding hydrogens is 368 g/mol. The van der Waals surface area contributed by atoms with Crippen molar-refractivity contribution in [3.05, 3.63) is 28.8 Å². The van der Waals surface area contributed by atoms with Gasteiger partial charge in [-0.25, -0.2) is 0 Å². The minimum absolute atomic E-state index is 0.240. The third-order valence-electron chi connectivity index (χ3n) is 6.25. The van der Waals surface area contributed by atoms with Crippen LogP contribution in [0.3, 0.4) is 0 Å². The molecule has 1 aromatic carbocycles. The molecule has 0 heterocycles. The van der Waals surface area contributed by atoms with Gasteiger partial charge in [-0.3, -0.25) is 10.1 Å². The van der Waals surface area contributed by atoms with E-state index in [1.165, 1.54) is 32.1 Å². The van der Waals surface area contributed by atoms with Crippen molar-refractivity contribution < 1.29 is 9.53 Å². The Morgan fingerprint density at radius 2 is 1.85 bits per heavy atom. The lowest BCUT2D eigenvalue weighted by Gasteiger charge is -2.54. The topological polar surface area (TPSA) is 50.4 Å². The van der Waals surface area contributed by atoms with Crippen molar-refractivity contribution in [1.29, 1.82) is 0 Å². The molecule has 0 radical (unpaired) electrons. The Balaban J connectivity index is 1.36. The van der Waals surface area contributed by atoms with E-state index >= 15 is 0 Å². The van der Waals surface area contributed by atoms with Crippen LogP contribution in [-0.2, 0) is 0 Å². The highest BCUT2D eigenvalue weighted by Crippen LogP contribution is 2.53. The van der Waals surface area contributed by atoms with Crippen molar-refractivity contribution in [2.45, 2.75) is 45.1 Å². The van der Waals surface area contributed by atoms with Crippen LogP contribution in [0, 0.1) is 23.7 Å². The van der Waals surface area contributed by atoms with Crippen molar-refractivity contribution in [3.8, 4) is 5.75 Å². The molecule has 0 spiro atoms. The molecule has 4 nitrogen and oxygen atoms in total. The van der Waals surface area contributed by atoms with Gasteiger partial charge in [-0.15, -0.1) is 0 Å². The quantitative estimate of drug-likeness (QED) is 0.755. The van der Waals surface area contributed by atoms with Gasteiger partial charge in [0.15, 0.2) is 5.11 Å². The van der Waals surface area contributed by atoms with E-state index in [0.717, 1.165) is 11.8 Å². The molecule has 0 saturated heterocycles. The molecule has 4 aliphatic carbocycles. The van der Waals surface area contributed by atoms with Crippen molar-refractivity contribution in [2.75, 3.05) is 6.61 Å². The molecule has 4 saturated carbocycles. The summed E-state index contributed by atoms with van der Waals surface area (Å²) >= 11 is 11.6. The number of carbonyl (C=O) groups excluding carboxylic acids is 1. The maximum Gasteiger partial charge on any atom is 0.257 e. The molecular formula is C20H25ClN2O2S. The number of ether oxygens (including phenoxy) is 1. The Morgan fingerprint density at radius 3 is 2.42 bits per heavy atom. The molecule has 5 rings (SSSR count). The van der Waals surface area contributed by atoms with Crippen LogP contribution >= 0.6 is 23.8 Å². The van der Waals surface area contributed by atoms with E-state index in [2.05, 4.69) is 10.6 Å². The summed E-state index contributed by atoms with van der Waals surface area (Å²) in [5.41, 5.74) is 0.479. The Bertz CT molecular complexity index is 696. The van der Waals surface area contributed by atoms with Crippen LogP contribution in [0.15, 0.2) is 18.2 Å². The van der Waals surface area contributed by atoms with E-state index < -0.39 is 0 Å². The van der Waals surface area contributed by atoms with Crippen molar-refractivity contribution in [1.82, 2.24) is 10.6 Å². The lowest BCUT2D eigenvalue weighted by Crippen LogP contribution is -2.57. The lowest BCUT2D eigenvalue weighted by molar-refractivity contribution is -0.00692. The number of hydrogen-bond donors (Lipinski definition) is 2. The molecule has 4 aliphatic rings. The zero-order valence-corrected chi connectivity index (χ0v) is 16.5. The number of thiocarbonyl (C=S) groups is 1. The van der Waals surface area contributed by atoms with Gasteiger partial charge in [0.1, 0.15) is 5.75 Å². The van der Waals surface area contributed by atoms with Crippen molar-refractivity contribution >= 4 is 34.8 Å². The van der Waals surface area contributed by atoms with Crippen LogP contribution in [0.4, 0.5) is 0 Å². The Hall–Kier alpha value is -1.33. The minimum Gasteiger partial charge on any atom is -0.492 e. The predicted molar refractivity (Wildman–Crippen MR) is 107 cm³/mol. The summed E-state index contributed by atoms with van der Waals surface area (Å²) in [6.07, 6.45) is 6.69. The van der Waals surface area contributed by atoms with E-state index in [-0.39, 0.29) is 5.91 Å². The second kappa shape index (κ2) is 7.35. The average molecular weight is 393 g/mol. The zero-order valence-electron chi connectivity index (χ0n) is 15.0. The molecule has 26 heavy (non-hydrogen) atoms. The zero-order chi connectivity index (χ0) is 18.3. The van der Waals surface area contributed by atoms with E-state index in [1.54, 1.807) is 18.2 Å². The summed E-state index contributed by atoms with van der Waals surface area (Å²) in [7, 11) is 0. The van der Waals surface area contributed by atoms with Gasteiger partial charge >= 0.3 is 0 Å². The molecule has 0 aliphatic heterocycles. The summed E-state index contributed by atoms with van der Waals surface area (Å²) in [5.74, 6) is 3.60. The third kappa shape index (κ3) is 3.56. The lowest BCUT2D eigenvalue weighted by atomic mass is 9.54. The fourth-order valence-electron chi connectivity index (χ4n) is 5.44. The summed E-state index contributed by atoms with van der Waals surface area (Å²) < 4.78 is 5.41. The molecule has 140 valence electrons. The second-order valence-corrected chi connectivity index (χ2v) is 8.78. The van der Waals surface area contributed by atoms with Gasteiger partial charge < -0.3 is 10.1 Å². The first kappa shape index (κ1) is 18.1. The number of carbonyl (C=O) groups is 1. The predicted octanol–water partition coefficient (Wildman–Crippen LogP) is 4.17. The molecule has 6 heteroatoms. The Morgan fingerprint density at radius 1 is 1.19 bits per heavy atom. The average Bonchev–Trinajstić information content (AvgIpc) is 2.59.